The van der Waals surface area contributed by atoms with Crippen molar-refractivity contribution in [3.8, 4) is 0 Å². The molecule has 0 bridgehead atoms. The van der Waals surface area contributed by atoms with E-state index in [9.17, 15) is 0 Å². The molecule has 0 radical (unpaired) electrons. The van der Waals surface area contributed by atoms with Crippen molar-refractivity contribution in [2.24, 2.45) is 0 Å². The average molecular weight is 247 g/mol. The first-order chi connectivity index (χ1) is 8.72. The number of ether oxygens (including phenoxy) is 1. The lowest BCUT2D eigenvalue weighted by Crippen LogP contribution is -2.32. The minimum Gasteiger partial charge on any atom is -0.376 e. The minimum absolute atomic E-state index is 0.346. The maximum Gasteiger partial charge on any atom is 0.0770 e. The second-order valence-corrected chi connectivity index (χ2v) is 5.33. The van der Waals surface area contributed by atoms with Crippen molar-refractivity contribution in [3.05, 3.63) is 34.9 Å². The van der Waals surface area contributed by atoms with Crippen LogP contribution in [0.15, 0.2) is 18.2 Å². The summed E-state index contributed by atoms with van der Waals surface area (Å²) in [5.74, 6) is 0. The number of hydrogen-bond acceptors (Lipinski definition) is 2. The average Bonchev–Trinajstić information content (AvgIpc) is 2.88. The maximum absolute atomic E-state index is 5.87. The van der Waals surface area contributed by atoms with Gasteiger partial charge in [-0.05, 0) is 56.3 Å². The zero-order valence-electron chi connectivity index (χ0n) is 11.8. The molecule has 1 fully saturated rings. The molecule has 0 saturated carbocycles. The highest BCUT2D eigenvalue weighted by Gasteiger charge is 2.26. The molecule has 1 saturated heterocycles. The van der Waals surface area contributed by atoms with Crippen molar-refractivity contribution in [2.45, 2.75) is 52.2 Å². The summed E-state index contributed by atoms with van der Waals surface area (Å²) in [6.45, 7) is 8.53. The molecule has 1 aromatic rings. The van der Waals surface area contributed by atoms with Crippen LogP contribution in [0.25, 0.3) is 0 Å². The number of aryl methyl sites for hydroxylation is 2. The van der Waals surface area contributed by atoms with Crippen molar-refractivity contribution < 1.29 is 4.74 Å². The van der Waals surface area contributed by atoms with Crippen LogP contribution in [0.1, 0.15) is 48.9 Å². The lowest BCUT2D eigenvalue weighted by Gasteiger charge is -2.25. The summed E-state index contributed by atoms with van der Waals surface area (Å²) in [7, 11) is 0. The maximum atomic E-state index is 5.87. The Balaban J connectivity index is 2.17. The predicted octanol–water partition coefficient (Wildman–Crippen LogP) is 3.52. The highest BCUT2D eigenvalue weighted by molar-refractivity contribution is 5.32. The summed E-state index contributed by atoms with van der Waals surface area (Å²) in [5.41, 5.74) is 4.10. The number of nitrogens with one attached hydrogen (secondary N) is 1. The van der Waals surface area contributed by atoms with Gasteiger partial charge in [0.05, 0.1) is 12.1 Å². The van der Waals surface area contributed by atoms with Gasteiger partial charge in [-0.25, -0.2) is 0 Å². The Hall–Kier alpha value is -0.860. The molecule has 18 heavy (non-hydrogen) atoms. The molecule has 0 spiro atoms. The summed E-state index contributed by atoms with van der Waals surface area (Å²) >= 11 is 0. The first-order valence-electron chi connectivity index (χ1n) is 7.14. The third-order valence-electron chi connectivity index (χ3n) is 3.84. The second-order valence-electron chi connectivity index (χ2n) is 5.33. The molecule has 1 N–H and O–H groups in total. The standard InChI is InChI=1S/C16H25NO/c1-4-9-17-16(15-6-5-10-18-15)14-8-7-12(2)13(3)11-14/h7-8,11,15-17H,4-6,9-10H2,1-3H3. The smallest absolute Gasteiger partial charge is 0.0770 e. The molecule has 2 rings (SSSR count). The zero-order chi connectivity index (χ0) is 13.0. The van der Waals surface area contributed by atoms with Crippen molar-refractivity contribution in [1.82, 2.24) is 5.32 Å². The van der Waals surface area contributed by atoms with Crippen LogP contribution in [0, 0.1) is 13.8 Å². The Morgan fingerprint density at radius 2 is 2.17 bits per heavy atom. The number of hydrogen-bond donors (Lipinski definition) is 1. The Bertz CT molecular complexity index is 383. The van der Waals surface area contributed by atoms with E-state index in [1.807, 2.05) is 0 Å². The van der Waals surface area contributed by atoms with Gasteiger partial charge >= 0.3 is 0 Å². The first kappa shape index (κ1) is 13.6. The van der Waals surface area contributed by atoms with Gasteiger partial charge in [0, 0.05) is 6.61 Å². The quantitative estimate of drug-likeness (QED) is 0.859. The van der Waals surface area contributed by atoms with E-state index in [2.05, 4.69) is 44.3 Å². The van der Waals surface area contributed by atoms with Crippen molar-refractivity contribution in [2.75, 3.05) is 13.2 Å². The van der Waals surface area contributed by atoms with E-state index < -0.39 is 0 Å². The van der Waals surface area contributed by atoms with Gasteiger partial charge in [-0.1, -0.05) is 25.1 Å². The van der Waals surface area contributed by atoms with E-state index in [4.69, 9.17) is 4.74 Å². The van der Waals surface area contributed by atoms with Crippen LogP contribution >= 0.6 is 0 Å². The molecule has 1 heterocycles. The van der Waals surface area contributed by atoms with Gasteiger partial charge in [-0.3, -0.25) is 0 Å². The lowest BCUT2D eigenvalue weighted by atomic mass is 9.96. The van der Waals surface area contributed by atoms with Gasteiger partial charge in [0.25, 0.3) is 0 Å². The van der Waals surface area contributed by atoms with Gasteiger partial charge in [0.2, 0.25) is 0 Å². The molecular weight excluding hydrogens is 222 g/mol. The van der Waals surface area contributed by atoms with Crippen LogP contribution in [0.4, 0.5) is 0 Å². The van der Waals surface area contributed by atoms with E-state index >= 15 is 0 Å². The number of rotatable bonds is 5. The largest absolute Gasteiger partial charge is 0.376 e. The topological polar surface area (TPSA) is 21.3 Å². The lowest BCUT2D eigenvalue weighted by molar-refractivity contribution is 0.0783. The summed E-state index contributed by atoms with van der Waals surface area (Å²) in [6, 6.07) is 7.13. The monoisotopic (exact) mass is 247 g/mol. The molecule has 2 atom stereocenters. The molecule has 0 aromatic heterocycles. The van der Waals surface area contributed by atoms with Crippen LogP contribution in [-0.4, -0.2) is 19.3 Å². The molecule has 2 unspecified atom stereocenters. The fraction of sp³-hybridized carbons (Fsp3) is 0.625. The van der Waals surface area contributed by atoms with Crippen LogP contribution in [0.2, 0.25) is 0 Å². The molecule has 0 amide bonds. The van der Waals surface area contributed by atoms with E-state index in [1.165, 1.54) is 29.5 Å². The molecule has 100 valence electrons. The van der Waals surface area contributed by atoms with Gasteiger partial charge < -0.3 is 10.1 Å². The summed E-state index contributed by atoms with van der Waals surface area (Å²) < 4.78 is 5.87. The first-order valence-corrected chi connectivity index (χ1v) is 7.14. The van der Waals surface area contributed by atoms with Crippen molar-refractivity contribution >= 4 is 0 Å². The van der Waals surface area contributed by atoms with E-state index in [-0.39, 0.29) is 0 Å². The van der Waals surface area contributed by atoms with E-state index in [0.717, 1.165) is 19.6 Å². The normalized spacial score (nSPS) is 21.2. The highest BCUT2D eigenvalue weighted by atomic mass is 16.5. The third-order valence-corrected chi connectivity index (χ3v) is 3.84. The zero-order valence-corrected chi connectivity index (χ0v) is 11.8. The molecular formula is C16H25NO. The molecule has 1 aliphatic heterocycles. The van der Waals surface area contributed by atoms with Gasteiger partial charge in [-0.15, -0.1) is 0 Å². The fourth-order valence-corrected chi connectivity index (χ4v) is 2.59. The summed E-state index contributed by atoms with van der Waals surface area (Å²) in [5, 5.41) is 3.65. The van der Waals surface area contributed by atoms with Crippen LogP contribution in [-0.2, 0) is 4.74 Å². The van der Waals surface area contributed by atoms with Crippen LogP contribution < -0.4 is 5.32 Å². The molecule has 2 nitrogen and oxygen atoms in total. The molecule has 0 aliphatic carbocycles. The fourth-order valence-electron chi connectivity index (χ4n) is 2.59. The van der Waals surface area contributed by atoms with Crippen molar-refractivity contribution in [3.63, 3.8) is 0 Å². The summed E-state index contributed by atoms with van der Waals surface area (Å²) in [4.78, 5) is 0. The molecule has 2 heteroatoms. The third kappa shape index (κ3) is 3.12. The SMILES string of the molecule is CCCNC(c1ccc(C)c(C)c1)C1CCCO1. The van der Waals surface area contributed by atoms with Crippen LogP contribution in [0.3, 0.4) is 0 Å². The highest BCUT2D eigenvalue weighted by Crippen LogP contribution is 2.28. The minimum atomic E-state index is 0.346. The van der Waals surface area contributed by atoms with Gasteiger partial charge in [0.1, 0.15) is 0 Å². The van der Waals surface area contributed by atoms with Gasteiger partial charge in [0.15, 0.2) is 0 Å². The molecule has 1 aliphatic rings. The Morgan fingerprint density at radius 3 is 2.78 bits per heavy atom. The predicted molar refractivity (Wildman–Crippen MR) is 75.9 cm³/mol. The van der Waals surface area contributed by atoms with Gasteiger partial charge in [-0.2, -0.15) is 0 Å². The number of benzene rings is 1. The Labute approximate surface area is 111 Å². The van der Waals surface area contributed by atoms with Crippen LogP contribution in [0.5, 0.6) is 0 Å². The van der Waals surface area contributed by atoms with Crippen molar-refractivity contribution in [1.29, 1.82) is 0 Å². The Kier molecular flexibility index (Phi) is 4.79. The van der Waals surface area contributed by atoms with E-state index in [1.54, 1.807) is 0 Å². The second kappa shape index (κ2) is 6.35. The Morgan fingerprint density at radius 1 is 1.33 bits per heavy atom. The molecule has 1 aromatic carbocycles. The summed E-state index contributed by atoms with van der Waals surface area (Å²) in [6.07, 6.45) is 3.88. The van der Waals surface area contributed by atoms with E-state index in [0.29, 0.717) is 12.1 Å².